The van der Waals surface area contributed by atoms with Gasteiger partial charge in [0.05, 0.1) is 12.5 Å². The number of amides is 1. The van der Waals surface area contributed by atoms with Crippen LogP contribution in [0.1, 0.15) is 22.9 Å². The van der Waals surface area contributed by atoms with Gasteiger partial charge < -0.3 is 9.84 Å². The molecule has 3 aromatic rings. The Morgan fingerprint density at radius 2 is 2.15 bits per heavy atom. The quantitative estimate of drug-likeness (QED) is 0.750. The largest absolute Gasteiger partial charge is 0.339 e. The van der Waals surface area contributed by atoms with Crippen LogP contribution in [0.2, 0.25) is 0 Å². The van der Waals surface area contributed by atoms with Crippen molar-refractivity contribution in [3.63, 3.8) is 0 Å². The molecule has 138 valence electrons. The first-order valence-electron chi connectivity index (χ1n) is 8.92. The Hall–Kier alpha value is -3.06. The van der Waals surface area contributed by atoms with Gasteiger partial charge in [0.25, 0.3) is 0 Å². The van der Waals surface area contributed by atoms with E-state index in [2.05, 4.69) is 25.3 Å². The average molecular weight is 363 g/mol. The molecular formula is C20H21N5O2. The molecule has 1 N–H and O–H groups in total. The van der Waals surface area contributed by atoms with E-state index < -0.39 is 0 Å². The lowest BCUT2D eigenvalue weighted by molar-refractivity contribution is -0.118. The van der Waals surface area contributed by atoms with Crippen LogP contribution in [-0.4, -0.2) is 45.6 Å². The third-order valence-corrected chi connectivity index (χ3v) is 4.70. The van der Waals surface area contributed by atoms with Gasteiger partial charge in [-0.25, -0.2) is 0 Å². The first kappa shape index (κ1) is 17.4. The second kappa shape index (κ2) is 7.28. The molecule has 1 aliphatic heterocycles. The zero-order valence-electron chi connectivity index (χ0n) is 15.3. The standard InChI is InChI=1S/C20H21N5O2/c1-13-5-6-14(2)17(8-13)22-18(26)12-25-10-16(11-25)20-23-19(24-27-20)15-4-3-7-21-9-15/h3-9,16H,10-12H2,1-2H3,(H,22,26). The summed E-state index contributed by atoms with van der Waals surface area (Å²) in [6.07, 6.45) is 3.41. The van der Waals surface area contributed by atoms with E-state index in [1.165, 1.54) is 0 Å². The fourth-order valence-electron chi connectivity index (χ4n) is 3.13. The minimum atomic E-state index is -0.0104. The van der Waals surface area contributed by atoms with Crippen LogP contribution in [0.5, 0.6) is 0 Å². The van der Waals surface area contributed by atoms with Crippen LogP contribution in [0, 0.1) is 13.8 Å². The summed E-state index contributed by atoms with van der Waals surface area (Å²) >= 11 is 0. The number of nitrogens with one attached hydrogen (secondary N) is 1. The van der Waals surface area contributed by atoms with Gasteiger partial charge in [-0.15, -0.1) is 0 Å². The predicted octanol–water partition coefficient (Wildman–Crippen LogP) is 2.79. The first-order valence-corrected chi connectivity index (χ1v) is 8.92. The Morgan fingerprint density at radius 3 is 2.93 bits per heavy atom. The number of nitrogens with zero attached hydrogens (tertiary/aromatic N) is 4. The minimum absolute atomic E-state index is 0.0104. The predicted molar refractivity (Wildman–Crippen MR) is 101 cm³/mol. The molecule has 1 saturated heterocycles. The summed E-state index contributed by atoms with van der Waals surface area (Å²) in [5.41, 5.74) is 3.89. The molecule has 1 fully saturated rings. The first-order chi connectivity index (χ1) is 13.1. The Bertz CT molecular complexity index is 948. The van der Waals surface area contributed by atoms with Gasteiger partial charge in [-0.1, -0.05) is 17.3 Å². The number of hydrogen-bond acceptors (Lipinski definition) is 6. The van der Waals surface area contributed by atoms with Gasteiger partial charge in [0.1, 0.15) is 0 Å². The van der Waals surface area contributed by atoms with Crippen molar-refractivity contribution >= 4 is 11.6 Å². The van der Waals surface area contributed by atoms with E-state index in [9.17, 15) is 4.79 Å². The summed E-state index contributed by atoms with van der Waals surface area (Å²) < 4.78 is 5.38. The fraction of sp³-hybridized carbons (Fsp3) is 0.300. The smallest absolute Gasteiger partial charge is 0.238 e. The zero-order chi connectivity index (χ0) is 18.8. The highest BCUT2D eigenvalue weighted by Gasteiger charge is 2.33. The van der Waals surface area contributed by atoms with Gasteiger partial charge in [0.2, 0.25) is 17.6 Å². The monoisotopic (exact) mass is 363 g/mol. The molecule has 1 aliphatic rings. The third kappa shape index (κ3) is 3.88. The SMILES string of the molecule is Cc1ccc(C)c(NC(=O)CN2CC(c3nc(-c4cccnc4)no3)C2)c1. The normalized spacial score (nSPS) is 14.7. The second-order valence-corrected chi connectivity index (χ2v) is 6.96. The van der Waals surface area contributed by atoms with Gasteiger partial charge in [0, 0.05) is 36.7 Å². The van der Waals surface area contributed by atoms with Crippen molar-refractivity contribution in [1.82, 2.24) is 20.0 Å². The van der Waals surface area contributed by atoms with Crippen molar-refractivity contribution < 1.29 is 9.32 Å². The van der Waals surface area contributed by atoms with Crippen molar-refractivity contribution in [1.29, 1.82) is 0 Å². The highest BCUT2D eigenvalue weighted by atomic mass is 16.5. The maximum atomic E-state index is 12.3. The summed E-state index contributed by atoms with van der Waals surface area (Å²) in [6, 6.07) is 9.77. The molecule has 7 nitrogen and oxygen atoms in total. The molecule has 7 heteroatoms. The van der Waals surface area contributed by atoms with Crippen LogP contribution in [0.15, 0.2) is 47.2 Å². The zero-order valence-corrected chi connectivity index (χ0v) is 15.3. The summed E-state index contributed by atoms with van der Waals surface area (Å²) in [5.74, 6) is 1.31. The highest BCUT2D eigenvalue weighted by molar-refractivity contribution is 5.93. The Morgan fingerprint density at radius 1 is 1.30 bits per heavy atom. The Balaban J connectivity index is 1.30. The topological polar surface area (TPSA) is 84.2 Å². The maximum absolute atomic E-state index is 12.3. The summed E-state index contributed by atoms with van der Waals surface area (Å²) in [7, 11) is 0. The number of anilines is 1. The molecule has 0 unspecified atom stereocenters. The number of aromatic nitrogens is 3. The molecule has 0 spiro atoms. The molecule has 2 aromatic heterocycles. The van der Waals surface area contributed by atoms with Crippen LogP contribution in [0.4, 0.5) is 5.69 Å². The van der Waals surface area contributed by atoms with Crippen molar-refractivity contribution in [3.8, 4) is 11.4 Å². The van der Waals surface area contributed by atoms with E-state index in [1.807, 2.05) is 44.2 Å². The molecule has 3 heterocycles. The number of benzene rings is 1. The second-order valence-electron chi connectivity index (χ2n) is 6.96. The number of rotatable bonds is 5. The molecule has 1 aromatic carbocycles. The summed E-state index contributed by atoms with van der Waals surface area (Å²) in [5, 5.41) is 7.02. The molecule has 4 rings (SSSR count). The van der Waals surface area contributed by atoms with E-state index in [0.29, 0.717) is 18.3 Å². The minimum Gasteiger partial charge on any atom is -0.339 e. The number of carbonyl (C=O) groups excluding carboxylic acids is 1. The van der Waals surface area contributed by atoms with Crippen LogP contribution in [0.25, 0.3) is 11.4 Å². The Labute approximate surface area is 157 Å². The number of hydrogen-bond donors (Lipinski definition) is 1. The molecule has 0 saturated carbocycles. The highest BCUT2D eigenvalue weighted by Crippen LogP contribution is 2.27. The number of aryl methyl sites for hydroxylation is 2. The van der Waals surface area contributed by atoms with Gasteiger partial charge in [-0.2, -0.15) is 4.98 Å². The van der Waals surface area contributed by atoms with Crippen LogP contribution in [-0.2, 0) is 4.79 Å². The molecule has 0 bridgehead atoms. The number of carbonyl (C=O) groups is 1. The van der Waals surface area contributed by atoms with Gasteiger partial charge in [-0.05, 0) is 43.2 Å². The van der Waals surface area contributed by atoms with E-state index >= 15 is 0 Å². The van der Waals surface area contributed by atoms with Crippen molar-refractivity contribution in [2.45, 2.75) is 19.8 Å². The van der Waals surface area contributed by atoms with Gasteiger partial charge in [0.15, 0.2) is 0 Å². The lowest BCUT2D eigenvalue weighted by atomic mass is 10.0. The fourth-order valence-corrected chi connectivity index (χ4v) is 3.13. The number of likely N-dealkylation sites (tertiary alicyclic amines) is 1. The van der Waals surface area contributed by atoms with Crippen molar-refractivity contribution in [3.05, 3.63) is 59.7 Å². The van der Waals surface area contributed by atoms with Crippen LogP contribution >= 0.6 is 0 Å². The molecular weight excluding hydrogens is 342 g/mol. The number of pyridine rings is 1. The van der Waals surface area contributed by atoms with E-state index in [1.54, 1.807) is 12.4 Å². The van der Waals surface area contributed by atoms with Crippen LogP contribution in [0.3, 0.4) is 0 Å². The third-order valence-electron chi connectivity index (χ3n) is 4.70. The molecule has 0 aliphatic carbocycles. The summed E-state index contributed by atoms with van der Waals surface area (Å²) in [4.78, 5) is 22.9. The van der Waals surface area contributed by atoms with Gasteiger partial charge >= 0.3 is 0 Å². The van der Waals surface area contributed by atoms with Crippen molar-refractivity contribution in [2.75, 3.05) is 25.0 Å². The average Bonchev–Trinajstić information content (AvgIpc) is 3.11. The molecule has 1 amide bonds. The van der Waals surface area contributed by atoms with E-state index in [0.717, 1.165) is 35.5 Å². The maximum Gasteiger partial charge on any atom is 0.238 e. The lowest BCUT2D eigenvalue weighted by Crippen LogP contribution is -2.48. The summed E-state index contributed by atoms with van der Waals surface area (Å²) in [6.45, 7) is 5.82. The Kier molecular flexibility index (Phi) is 4.68. The van der Waals surface area contributed by atoms with E-state index in [-0.39, 0.29) is 11.8 Å². The van der Waals surface area contributed by atoms with Crippen molar-refractivity contribution in [2.24, 2.45) is 0 Å². The van der Waals surface area contributed by atoms with Crippen LogP contribution < -0.4 is 5.32 Å². The van der Waals surface area contributed by atoms with E-state index in [4.69, 9.17) is 4.52 Å². The van der Waals surface area contributed by atoms with Gasteiger partial charge in [-0.3, -0.25) is 14.7 Å². The molecule has 0 atom stereocenters. The molecule has 0 radical (unpaired) electrons. The molecule has 27 heavy (non-hydrogen) atoms. The lowest BCUT2D eigenvalue weighted by Gasteiger charge is -2.36.